The predicted octanol–water partition coefficient (Wildman–Crippen LogP) is 5.48. The molecule has 1 N–H and O–H groups in total. The van der Waals surface area contributed by atoms with Gasteiger partial charge < -0.3 is 9.84 Å². The largest absolute Gasteiger partial charge is 0.507 e. The number of rotatable bonds is 5. The molecule has 27 heavy (non-hydrogen) atoms. The highest BCUT2D eigenvalue weighted by Gasteiger charge is 2.16. The van der Waals surface area contributed by atoms with E-state index in [2.05, 4.69) is 62.4 Å². The van der Waals surface area contributed by atoms with Crippen LogP contribution >= 0.6 is 0 Å². The van der Waals surface area contributed by atoms with Crippen molar-refractivity contribution in [1.82, 2.24) is 0 Å². The molecule has 0 amide bonds. The molecule has 3 heteroatoms. The van der Waals surface area contributed by atoms with Crippen molar-refractivity contribution in [3.63, 3.8) is 0 Å². The molecule has 0 aliphatic rings. The number of methoxy groups -OCH3 is 1. The number of phenolic OH excluding ortho intramolecular Hbond substituents is 1. The number of carbonyl (C=O) groups is 1. The van der Waals surface area contributed by atoms with E-state index >= 15 is 0 Å². The van der Waals surface area contributed by atoms with Crippen LogP contribution in [-0.2, 0) is 4.74 Å². The van der Waals surface area contributed by atoms with E-state index in [0.29, 0.717) is 5.92 Å². The number of benzene rings is 3. The van der Waals surface area contributed by atoms with Gasteiger partial charge in [-0.2, -0.15) is 0 Å². The van der Waals surface area contributed by atoms with Gasteiger partial charge in [-0.15, -0.1) is 0 Å². The zero-order chi connectivity index (χ0) is 19.4. The lowest BCUT2D eigenvalue weighted by Gasteiger charge is -2.17. The van der Waals surface area contributed by atoms with Crippen LogP contribution in [0.3, 0.4) is 0 Å². The summed E-state index contributed by atoms with van der Waals surface area (Å²) in [6, 6.07) is 24.1. The highest BCUT2D eigenvalue weighted by molar-refractivity contribution is 5.92. The van der Waals surface area contributed by atoms with E-state index in [1.807, 2.05) is 12.1 Å². The second-order valence-electron chi connectivity index (χ2n) is 6.79. The lowest BCUT2D eigenvalue weighted by Crippen LogP contribution is -2.04. The van der Waals surface area contributed by atoms with E-state index in [9.17, 15) is 9.90 Å². The predicted molar refractivity (Wildman–Crippen MR) is 107 cm³/mol. The highest BCUT2D eigenvalue weighted by atomic mass is 16.5. The van der Waals surface area contributed by atoms with Crippen LogP contribution in [0.5, 0.6) is 5.75 Å². The molecule has 0 aromatic heterocycles. The van der Waals surface area contributed by atoms with E-state index in [0.717, 1.165) is 11.1 Å². The first kappa shape index (κ1) is 18.7. The van der Waals surface area contributed by atoms with Crippen molar-refractivity contribution in [2.45, 2.75) is 25.7 Å². The Labute approximate surface area is 160 Å². The van der Waals surface area contributed by atoms with Gasteiger partial charge in [-0.25, -0.2) is 4.79 Å². The van der Waals surface area contributed by atoms with Gasteiger partial charge >= 0.3 is 5.97 Å². The number of esters is 1. The fraction of sp³-hybridized carbons (Fsp3) is 0.208. The van der Waals surface area contributed by atoms with Crippen LogP contribution in [-0.4, -0.2) is 18.2 Å². The minimum absolute atomic E-state index is 0.0650. The summed E-state index contributed by atoms with van der Waals surface area (Å²) in [7, 11) is 1.31. The lowest BCUT2D eigenvalue weighted by molar-refractivity contribution is 0.0597. The molecule has 0 saturated heterocycles. The summed E-state index contributed by atoms with van der Waals surface area (Å²) < 4.78 is 4.74. The Morgan fingerprint density at radius 1 is 0.778 bits per heavy atom. The molecule has 0 radical (unpaired) electrons. The molecule has 0 fully saturated rings. The summed E-state index contributed by atoms with van der Waals surface area (Å²) in [5.74, 6) is -0.177. The molecule has 3 rings (SSSR count). The van der Waals surface area contributed by atoms with Gasteiger partial charge in [-0.05, 0) is 34.4 Å². The normalized spacial score (nSPS) is 13.0. The summed E-state index contributed by atoms with van der Waals surface area (Å²) >= 11 is 0. The quantitative estimate of drug-likeness (QED) is 0.613. The Balaban J connectivity index is 1.84. The Hall–Kier alpha value is -3.07. The van der Waals surface area contributed by atoms with Crippen molar-refractivity contribution in [1.29, 1.82) is 0 Å². The number of ether oxygens (including phenoxy) is 1. The van der Waals surface area contributed by atoms with E-state index in [1.54, 1.807) is 12.1 Å². The molecule has 2 atom stereocenters. The lowest BCUT2D eigenvalue weighted by atomic mass is 9.88. The van der Waals surface area contributed by atoms with Gasteiger partial charge in [0.1, 0.15) is 11.3 Å². The SMILES string of the molecule is COC(=O)c1cc(C(C)c2ccc(C(C)c3ccccc3)cc2)ccc1O. The van der Waals surface area contributed by atoms with Gasteiger partial charge in [0.05, 0.1) is 7.11 Å². The monoisotopic (exact) mass is 360 g/mol. The summed E-state index contributed by atoms with van der Waals surface area (Å²) in [6.45, 7) is 4.29. The first-order valence-electron chi connectivity index (χ1n) is 9.07. The van der Waals surface area contributed by atoms with Crippen molar-refractivity contribution >= 4 is 5.97 Å². The number of hydrogen-bond donors (Lipinski definition) is 1. The van der Waals surface area contributed by atoms with E-state index in [-0.39, 0.29) is 17.2 Å². The first-order chi connectivity index (χ1) is 13.0. The summed E-state index contributed by atoms with van der Waals surface area (Å²) in [6.07, 6.45) is 0. The van der Waals surface area contributed by atoms with E-state index in [4.69, 9.17) is 4.74 Å². The van der Waals surface area contributed by atoms with Gasteiger partial charge in [-0.3, -0.25) is 0 Å². The molecular formula is C24H24O3. The van der Waals surface area contributed by atoms with Crippen molar-refractivity contribution in [3.8, 4) is 5.75 Å². The molecule has 0 heterocycles. The van der Waals surface area contributed by atoms with Crippen LogP contribution in [0.1, 0.15) is 58.3 Å². The van der Waals surface area contributed by atoms with Crippen LogP contribution in [0.4, 0.5) is 0 Å². The second-order valence-corrected chi connectivity index (χ2v) is 6.79. The molecule has 2 unspecified atom stereocenters. The molecule has 3 nitrogen and oxygen atoms in total. The minimum Gasteiger partial charge on any atom is -0.507 e. The summed E-state index contributed by atoms with van der Waals surface area (Å²) in [4.78, 5) is 11.8. The van der Waals surface area contributed by atoms with Crippen molar-refractivity contribution in [3.05, 3.63) is 101 Å². The fourth-order valence-corrected chi connectivity index (χ4v) is 3.30. The van der Waals surface area contributed by atoms with Crippen LogP contribution in [0.25, 0.3) is 0 Å². The van der Waals surface area contributed by atoms with Gasteiger partial charge in [0.25, 0.3) is 0 Å². The third-order valence-corrected chi connectivity index (χ3v) is 5.16. The van der Waals surface area contributed by atoms with E-state index in [1.165, 1.54) is 18.2 Å². The van der Waals surface area contributed by atoms with Crippen LogP contribution in [0.15, 0.2) is 72.8 Å². The molecule has 138 valence electrons. The maximum absolute atomic E-state index is 11.8. The number of aromatic hydroxyl groups is 1. The molecule has 0 spiro atoms. The third kappa shape index (κ3) is 4.03. The summed E-state index contributed by atoms with van der Waals surface area (Å²) in [5.41, 5.74) is 4.85. The van der Waals surface area contributed by atoms with Crippen molar-refractivity contribution < 1.29 is 14.6 Å². The van der Waals surface area contributed by atoms with Gasteiger partial charge in [0.2, 0.25) is 0 Å². The minimum atomic E-state index is -0.534. The van der Waals surface area contributed by atoms with Crippen molar-refractivity contribution in [2.24, 2.45) is 0 Å². The van der Waals surface area contributed by atoms with Gasteiger partial charge in [0, 0.05) is 11.8 Å². The molecule has 0 bridgehead atoms. The average molecular weight is 360 g/mol. The fourth-order valence-electron chi connectivity index (χ4n) is 3.30. The van der Waals surface area contributed by atoms with Gasteiger partial charge in [0.15, 0.2) is 0 Å². The second kappa shape index (κ2) is 8.09. The smallest absolute Gasteiger partial charge is 0.341 e. The average Bonchev–Trinajstić information content (AvgIpc) is 2.73. The van der Waals surface area contributed by atoms with Crippen LogP contribution in [0, 0.1) is 0 Å². The number of hydrogen-bond acceptors (Lipinski definition) is 3. The number of phenols is 1. The Morgan fingerprint density at radius 3 is 1.81 bits per heavy atom. The molecule has 0 aliphatic heterocycles. The maximum atomic E-state index is 11.8. The Bertz CT molecular complexity index is 914. The molecular weight excluding hydrogens is 336 g/mol. The maximum Gasteiger partial charge on any atom is 0.341 e. The highest BCUT2D eigenvalue weighted by Crippen LogP contribution is 2.30. The standard InChI is InChI=1S/C24H24O3/c1-16(18-7-5-4-6-8-18)19-9-11-20(12-10-19)17(2)21-13-14-23(25)22(15-21)24(26)27-3/h4-17,25H,1-3H3. The molecule has 0 aliphatic carbocycles. The molecule has 0 saturated carbocycles. The Kier molecular flexibility index (Phi) is 5.60. The molecule has 3 aromatic rings. The van der Waals surface area contributed by atoms with Crippen LogP contribution < -0.4 is 0 Å². The van der Waals surface area contributed by atoms with Crippen molar-refractivity contribution in [2.75, 3.05) is 7.11 Å². The third-order valence-electron chi connectivity index (χ3n) is 5.16. The zero-order valence-electron chi connectivity index (χ0n) is 15.8. The summed E-state index contributed by atoms with van der Waals surface area (Å²) in [5, 5.41) is 9.89. The van der Waals surface area contributed by atoms with Gasteiger partial charge in [-0.1, -0.05) is 74.5 Å². The topological polar surface area (TPSA) is 46.5 Å². The van der Waals surface area contributed by atoms with Crippen LogP contribution in [0.2, 0.25) is 0 Å². The molecule has 3 aromatic carbocycles. The number of carbonyl (C=O) groups excluding carboxylic acids is 1. The van der Waals surface area contributed by atoms with E-state index < -0.39 is 5.97 Å². The zero-order valence-corrected chi connectivity index (χ0v) is 15.8. The Morgan fingerprint density at radius 2 is 1.26 bits per heavy atom. The first-order valence-corrected chi connectivity index (χ1v) is 9.07.